The molecule has 0 saturated carbocycles. The number of benzene rings is 1. The van der Waals surface area contributed by atoms with Crippen molar-refractivity contribution in [3.05, 3.63) is 54.2 Å². The Hall–Kier alpha value is -1.63. The number of fused-ring (bicyclic) bond motifs is 1. The van der Waals surface area contributed by atoms with E-state index in [0.29, 0.717) is 5.92 Å². The average Bonchev–Trinajstić information content (AvgIpc) is 2.39. The van der Waals surface area contributed by atoms with Gasteiger partial charge in [-0.05, 0) is 37.0 Å². The van der Waals surface area contributed by atoms with E-state index in [1.807, 2.05) is 12.3 Å². The molecule has 0 unspecified atom stereocenters. The molecule has 3 rings (SSSR count). The minimum absolute atomic E-state index is 0.575. The van der Waals surface area contributed by atoms with Gasteiger partial charge in [-0.15, -0.1) is 0 Å². The van der Waals surface area contributed by atoms with E-state index in [-0.39, 0.29) is 0 Å². The predicted molar refractivity (Wildman–Crippen MR) is 67.5 cm³/mol. The van der Waals surface area contributed by atoms with Gasteiger partial charge in [-0.2, -0.15) is 0 Å². The van der Waals surface area contributed by atoms with Crippen LogP contribution in [0.5, 0.6) is 0 Å². The van der Waals surface area contributed by atoms with E-state index in [0.717, 1.165) is 5.52 Å². The van der Waals surface area contributed by atoms with Gasteiger partial charge in [-0.1, -0.05) is 30.4 Å². The molecule has 16 heavy (non-hydrogen) atoms. The summed E-state index contributed by atoms with van der Waals surface area (Å²) in [6.07, 6.45) is 10.4. The van der Waals surface area contributed by atoms with E-state index >= 15 is 0 Å². The van der Waals surface area contributed by atoms with Gasteiger partial charge in [-0.25, -0.2) is 0 Å². The molecule has 0 radical (unpaired) electrons. The zero-order chi connectivity index (χ0) is 10.8. The number of pyridine rings is 1. The van der Waals surface area contributed by atoms with Crippen LogP contribution in [0.4, 0.5) is 0 Å². The highest BCUT2D eigenvalue weighted by atomic mass is 14.6. The monoisotopic (exact) mass is 209 g/mol. The number of para-hydroxylation sites is 1. The number of hydrogen-bond donors (Lipinski definition) is 0. The summed E-state index contributed by atoms with van der Waals surface area (Å²) in [5, 5.41) is 1.25. The Kier molecular flexibility index (Phi) is 2.45. The normalized spacial score (nSPS) is 20.1. The lowest BCUT2D eigenvalue weighted by molar-refractivity contribution is 0.653. The molecule has 1 aliphatic rings. The average molecular weight is 209 g/mol. The van der Waals surface area contributed by atoms with Gasteiger partial charge in [0.25, 0.3) is 0 Å². The first-order valence-electron chi connectivity index (χ1n) is 5.95. The van der Waals surface area contributed by atoms with Gasteiger partial charge in [0.05, 0.1) is 5.52 Å². The van der Waals surface area contributed by atoms with E-state index in [1.165, 1.54) is 30.2 Å². The van der Waals surface area contributed by atoms with Crippen molar-refractivity contribution in [1.29, 1.82) is 0 Å². The summed E-state index contributed by atoms with van der Waals surface area (Å²) in [4.78, 5) is 4.52. The fourth-order valence-electron chi connectivity index (χ4n) is 2.38. The summed E-state index contributed by atoms with van der Waals surface area (Å²) < 4.78 is 0. The Labute approximate surface area is 95.8 Å². The van der Waals surface area contributed by atoms with Crippen molar-refractivity contribution in [3.8, 4) is 0 Å². The molecule has 1 atom stereocenters. The summed E-state index contributed by atoms with van der Waals surface area (Å²) in [5.74, 6) is 0.575. The van der Waals surface area contributed by atoms with Gasteiger partial charge in [-0.3, -0.25) is 4.98 Å². The second-order valence-electron chi connectivity index (χ2n) is 4.43. The van der Waals surface area contributed by atoms with Crippen molar-refractivity contribution in [2.45, 2.75) is 25.2 Å². The van der Waals surface area contributed by atoms with Crippen LogP contribution >= 0.6 is 0 Å². The third kappa shape index (κ3) is 1.73. The highest BCUT2D eigenvalue weighted by Crippen LogP contribution is 2.28. The van der Waals surface area contributed by atoms with Crippen molar-refractivity contribution < 1.29 is 0 Å². The van der Waals surface area contributed by atoms with Gasteiger partial charge in [0, 0.05) is 17.5 Å². The number of hydrogen-bond acceptors (Lipinski definition) is 1. The van der Waals surface area contributed by atoms with Gasteiger partial charge < -0.3 is 0 Å². The Morgan fingerprint density at radius 3 is 3.00 bits per heavy atom. The van der Waals surface area contributed by atoms with Gasteiger partial charge >= 0.3 is 0 Å². The SMILES string of the molecule is C1=C[C@@H](c2cnc3ccccc3c2)CCC1. The molecule has 2 aromatic rings. The maximum Gasteiger partial charge on any atom is 0.0702 e. The number of nitrogens with zero attached hydrogens (tertiary/aromatic N) is 1. The second-order valence-corrected chi connectivity index (χ2v) is 4.43. The van der Waals surface area contributed by atoms with Crippen LogP contribution in [0.2, 0.25) is 0 Å². The maximum atomic E-state index is 4.52. The van der Waals surface area contributed by atoms with Crippen molar-refractivity contribution in [2.24, 2.45) is 0 Å². The molecule has 0 fully saturated rings. The molecule has 0 spiro atoms. The lowest BCUT2D eigenvalue weighted by Gasteiger charge is -2.16. The molecule has 1 aromatic heterocycles. The lowest BCUT2D eigenvalue weighted by atomic mass is 9.90. The fourth-order valence-corrected chi connectivity index (χ4v) is 2.38. The molecule has 80 valence electrons. The van der Waals surface area contributed by atoms with Crippen LogP contribution in [0.1, 0.15) is 30.7 Å². The standard InChI is InChI=1S/C15H15N/c1-2-6-12(7-3-1)14-10-13-8-4-5-9-15(13)16-11-14/h2,4-6,8-12H,1,3,7H2/t12-/m1/s1. The zero-order valence-electron chi connectivity index (χ0n) is 9.26. The predicted octanol–water partition coefficient (Wildman–Crippen LogP) is 4.06. The Bertz CT molecular complexity index is 528. The first-order valence-corrected chi connectivity index (χ1v) is 5.95. The summed E-state index contributed by atoms with van der Waals surface area (Å²) >= 11 is 0. The largest absolute Gasteiger partial charge is 0.256 e. The third-order valence-corrected chi connectivity index (χ3v) is 3.29. The van der Waals surface area contributed by atoms with Crippen molar-refractivity contribution in [2.75, 3.05) is 0 Å². The molecule has 0 aliphatic heterocycles. The molecule has 0 amide bonds. The lowest BCUT2D eigenvalue weighted by Crippen LogP contribution is -1.99. The fraction of sp³-hybridized carbons (Fsp3) is 0.267. The first kappa shape index (κ1) is 9.59. The number of aromatic nitrogens is 1. The minimum atomic E-state index is 0.575. The Balaban J connectivity index is 2.04. The van der Waals surface area contributed by atoms with E-state index in [9.17, 15) is 0 Å². The topological polar surface area (TPSA) is 12.9 Å². The van der Waals surface area contributed by atoms with Crippen LogP contribution in [0.3, 0.4) is 0 Å². The van der Waals surface area contributed by atoms with Crippen LogP contribution in [-0.2, 0) is 0 Å². The quantitative estimate of drug-likeness (QED) is 0.645. The highest BCUT2D eigenvalue weighted by Gasteiger charge is 2.11. The summed E-state index contributed by atoms with van der Waals surface area (Å²) in [6, 6.07) is 10.6. The first-order chi connectivity index (χ1) is 7.93. The third-order valence-electron chi connectivity index (χ3n) is 3.29. The van der Waals surface area contributed by atoms with Crippen LogP contribution in [0.15, 0.2) is 48.7 Å². The molecule has 1 aliphatic carbocycles. The molecule has 0 bridgehead atoms. The van der Waals surface area contributed by atoms with Crippen LogP contribution in [0, 0.1) is 0 Å². The minimum Gasteiger partial charge on any atom is -0.256 e. The van der Waals surface area contributed by atoms with Gasteiger partial charge in [0.2, 0.25) is 0 Å². The molecule has 0 N–H and O–H groups in total. The molecule has 1 heteroatoms. The molecular formula is C15H15N. The van der Waals surface area contributed by atoms with Gasteiger partial charge in [0.15, 0.2) is 0 Å². The van der Waals surface area contributed by atoms with E-state index in [4.69, 9.17) is 0 Å². The number of allylic oxidation sites excluding steroid dienone is 2. The zero-order valence-corrected chi connectivity index (χ0v) is 9.26. The van der Waals surface area contributed by atoms with Crippen LogP contribution in [0.25, 0.3) is 10.9 Å². The molecular weight excluding hydrogens is 194 g/mol. The molecule has 1 heterocycles. The summed E-state index contributed by atoms with van der Waals surface area (Å²) in [7, 11) is 0. The van der Waals surface area contributed by atoms with Crippen molar-refractivity contribution in [3.63, 3.8) is 0 Å². The van der Waals surface area contributed by atoms with E-state index in [1.54, 1.807) is 0 Å². The van der Waals surface area contributed by atoms with Gasteiger partial charge in [0.1, 0.15) is 0 Å². The van der Waals surface area contributed by atoms with Crippen molar-refractivity contribution in [1.82, 2.24) is 4.98 Å². The molecule has 1 aromatic carbocycles. The molecule has 1 nitrogen and oxygen atoms in total. The Morgan fingerprint density at radius 2 is 2.12 bits per heavy atom. The van der Waals surface area contributed by atoms with Crippen LogP contribution in [-0.4, -0.2) is 4.98 Å². The molecule has 0 saturated heterocycles. The Morgan fingerprint density at radius 1 is 1.19 bits per heavy atom. The highest BCUT2D eigenvalue weighted by molar-refractivity contribution is 5.78. The summed E-state index contributed by atoms with van der Waals surface area (Å²) in [5.41, 5.74) is 2.45. The van der Waals surface area contributed by atoms with E-state index in [2.05, 4.69) is 41.4 Å². The maximum absolute atomic E-state index is 4.52. The second kappa shape index (κ2) is 4.09. The van der Waals surface area contributed by atoms with E-state index < -0.39 is 0 Å². The van der Waals surface area contributed by atoms with Crippen molar-refractivity contribution >= 4 is 10.9 Å². The summed E-state index contributed by atoms with van der Waals surface area (Å²) in [6.45, 7) is 0. The smallest absolute Gasteiger partial charge is 0.0702 e. The van der Waals surface area contributed by atoms with Crippen LogP contribution < -0.4 is 0 Å². The number of rotatable bonds is 1.